The molecule has 2 aromatic rings. The Morgan fingerprint density at radius 1 is 1.35 bits per heavy atom. The van der Waals surface area contributed by atoms with Crippen LogP contribution in [0.15, 0.2) is 36.5 Å². The molecule has 1 aliphatic heterocycles. The number of nitrogens with zero attached hydrogens (tertiary/aromatic N) is 2. The normalized spacial score (nSPS) is 22.4. The number of likely N-dealkylation sites (tertiary alicyclic amines) is 1. The highest BCUT2D eigenvalue weighted by Crippen LogP contribution is 2.39. The number of aliphatic carboxylic acids is 1. The van der Waals surface area contributed by atoms with Crippen molar-refractivity contribution in [3.05, 3.63) is 42.1 Å². The highest BCUT2D eigenvalue weighted by atomic mass is 16.4. The van der Waals surface area contributed by atoms with Crippen LogP contribution in [-0.4, -0.2) is 33.9 Å². The molecule has 1 fully saturated rings. The molecule has 2 unspecified atom stereocenters. The molecule has 20 heavy (non-hydrogen) atoms. The zero-order valence-corrected chi connectivity index (χ0v) is 11.0. The number of fused-ring (bicyclic) bond motifs is 1. The smallest absolute Gasteiger partial charge is 0.309 e. The maximum atomic E-state index is 11.9. The molecule has 0 bridgehead atoms. The van der Waals surface area contributed by atoms with E-state index in [2.05, 4.69) is 4.98 Å². The van der Waals surface area contributed by atoms with Crippen LogP contribution in [0.25, 0.3) is 10.9 Å². The first-order valence-corrected chi connectivity index (χ1v) is 6.41. The van der Waals surface area contributed by atoms with Crippen molar-refractivity contribution < 1.29 is 14.7 Å². The number of carbonyl (C=O) groups is 2. The van der Waals surface area contributed by atoms with E-state index in [1.54, 1.807) is 13.2 Å². The molecule has 0 saturated carbocycles. The van der Waals surface area contributed by atoms with Crippen molar-refractivity contribution in [1.82, 2.24) is 9.88 Å². The fourth-order valence-electron chi connectivity index (χ4n) is 2.88. The molecule has 1 N–H and O–H groups in total. The number of pyridine rings is 1. The summed E-state index contributed by atoms with van der Waals surface area (Å²) in [4.78, 5) is 29.1. The van der Waals surface area contributed by atoms with Gasteiger partial charge in [-0.3, -0.25) is 14.6 Å². The SMILES string of the molecule is CN1C(=O)CC(C(=O)O)C1c1cccc2cccnc12. The fourth-order valence-corrected chi connectivity index (χ4v) is 2.88. The third-order valence-corrected chi connectivity index (χ3v) is 3.89. The van der Waals surface area contributed by atoms with Gasteiger partial charge in [0.15, 0.2) is 0 Å². The minimum absolute atomic E-state index is 0.0414. The predicted octanol–water partition coefficient (Wildman–Crippen LogP) is 1.84. The summed E-state index contributed by atoms with van der Waals surface area (Å²) in [7, 11) is 1.65. The number of para-hydroxylation sites is 1. The molecule has 5 heteroatoms. The van der Waals surface area contributed by atoms with Crippen molar-refractivity contribution in [2.45, 2.75) is 12.5 Å². The van der Waals surface area contributed by atoms with Crippen molar-refractivity contribution in [3.8, 4) is 0 Å². The van der Waals surface area contributed by atoms with E-state index in [1.165, 1.54) is 4.90 Å². The third-order valence-electron chi connectivity index (χ3n) is 3.89. The summed E-state index contributed by atoms with van der Waals surface area (Å²) in [6.45, 7) is 0. The van der Waals surface area contributed by atoms with E-state index in [0.717, 1.165) is 16.5 Å². The van der Waals surface area contributed by atoms with Gasteiger partial charge >= 0.3 is 5.97 Å². The summed E-state index contributed by atoms with van der Waals surface area (Å²) in [5.74, 6) is -1.81. The van der Waals surface area contributed by atoms with E-state index in [0.29, 0.717) is 0 Å². The Morgan fingerprint density at radius 2 is 2.10 bits per heavy atom. The fraction of sp³-hybridized carbons (Fsp3) is 0.267. The molecule has 0 spiro atoms. The average molecular weight is 270 g/mol. The highest BCUT2D eigenvalue weighted by Gasteiger charge is 2.43. The Hall–Kier alpha value is -2.43. The standard InChI is InChI=1S/C15H14N2O3/c1-17-12(18)8-11(15(19)20)14(17)10-6-2-4-9-5-3-7-16-13(9)10/h2-7,11,14H,8H2,1H3,(H,19,20). The van der Waals surface area contributed by atoms with Crippen LogP contribution in [0.5, 0.6) is 0 Å². The first-order chi connectivity index (χ1) is 9.59. The van der Waals surface area contributed by atoms with E-state index in [9.17, 15) is 14.7 Å². The van der Waals surface area contributed by atoms with E-state index >= 15 is 0 Å². The number of benzene rings is 1. The number of carboxylic acids is 1. The first-order valence-electron chi connectivity index (χ1n) is 6.41. The number of hydrogen-bond donors (Lipinski definition) is 1. The summed E-state index contributed by atoms with van der Waals surface area (Å²) < 4.78 is 0. The van der Waals surface area contributed by atoms with Gasteiger partial charge in [0.05, 0.1) is 17.5 Å². The summed E-state index contributed by atoms with van der Waals surface area (Å²) in [6.07, 6.45) is 1.72. The molecule has 1 aromatic heterocycles. The topological polar surface area (TPSA) is 70.5 Å². The van der Waals surface area contributed by atoms with Gasteiger partial charge in [0.2, 0.25) is 5.91 Å². The Balaban J connectivity index is 2.18. The van der Waals surface area contributed by atoms with Crippen molar-refractivity contribution in [1.29, 1.82) is 0 Å². The van der Waals surface area contributed by atoms with Crippen molar-refractivity contribution in [3.63, 3.8) is 0 Å². The van der Waals surface area contributed by atoms with E-state index in [4.69, 9.17) is 0 Å². The largest absolute Gasteiger partial charge is 0.481 e. The van der Waals surface area contributed by atoms with Gasteiger partial charge in [-0.15, -0.1) is 0 Å². The molecule has 1 amide bonds. The predicted molar refractivity (Wildman–Crippen MR) is 73.0 cm³/mol. The molecule has 102 valence electrons. The van der Waals surface area contributed by atoms with Gasteiger partial charge in [0, 0.05) is 30.6 Å². The van der Waals surface area contributed by atoms with Crippen LogP contribution < -0.4 is 0 Å². The quantitative estimate of drug-likeness (QED) is 0.904. The minimum atomic E-state index is -0.944. The molecule has 5 nitrogen and oxygen atoms in total. The van der Waals surface area contributed by atoms with Crippen LogP contribution in [0, 0.1) is 5.92 Å². The Morgan fingerprint density at radius 3 is 2.85 bits per heavy atom. The maximum absolute atomic E-state index is 11.9. The van der Waals surface area contributed by atoms with Crippen molar-refractivity contribution in [2.75, 3.05) is 7.05 Å². The summed E-state index contributed by atoms with van der Waals surface area (Å²) in [6, 6.07) is 8.96. The average Bonchev–Trinajstić information content (AvgIpc) is 2.75. The third kappa shape index (κ3) is 1.82. The van der Waals surface area contributed by atoms with E-state index in [-0.39, 0.29) is 12.3 Å². The second-order valence-electron chi connectivity index (χ2n) is 5.02. The number of amides is 1. The maximum Gasteiger partial charge on any atom is 0.309 e. The number of carboxylic acid groups (broad SMARTS) is 1. The molecular formula is C15H14N2O3. The van der Waals surface area contributed by atoms with Crippen molar-refractivity contribution >= 4 is 22.8 Å². The second-order valence-corrected chi connectivity index (χ2v) is 5.02. The lowest BCUT2D eigenvalue weighted by Gasteiger charge is -2.24. The van der Waals surface area contributed by atoms with Gasteiger partial charge in [0.1, 0.15) is 0 Å². The zero-order chi connectivity index (χ0) is 14.3. The van der Waals surface area contributed by atoms with Gasteiger partial charge in [-0.1, -0.05) is 24.3 Å². The molecule has 2 atom stereocenters. The number of rotatable bonds is 2. The van der Waals surface area contributed by atoms with Crippen LogP contribution in [0.2, 0.25) is 0 Å². The van der Waals surface area contributed by atoms with Crippen molar-refractivity contribution in [2.24, 2.45) is 5.92 Å². The number of hydrogen-bond acceptors (Lipinski definition) is 3. The van der Waals surface area contributed by atoms with Gasteiger partial charge in [0.25, 0.3) is 0 Å². The lowest BCUT2D eigenvalue weighted by molar-refractivity contribution is -0.142. The lowest BCUT2D eigenvalue weighted by Crippen LogP contribution is -2.27. The number of carbonyl (C=O) groups excluding carboxylic acids is 1. The minimum Gasteiger partial charge on any atom is -0.481 e. The Kier molecular flexibility index (Phi) is 2.89. The summed E-state index contributed by atoms with van der Waals surface area (Å²) in [5.41, 5.74) is 1.55. The van der Waals surface area contributed by atoms with Gasteiger partial charge in [-0.2, -0.15) is 0 Å². The van der Waals surface area contributed by atoms with E-state index < -0.39 is 17.9 Å². The van der Waals surface area contributed by atoms with Gasteiger partial charge in [-0.25, -0.2) is 0 Å². The molecule has 0 aliphatic carbocycles. The van der Waals surface area contributed by atoms with E-state index in [1.807, 2.05) is 30.3 Å². The number of aromatic nitrogens is 1. The van der Waals surface area contributed by atoms with Crippen LogP contribution in [0.1, 0.15) is 18.0 Å². The summed E-state index contributed by atoms with van der Waals surface area (Å²) >= 11 is 0. The monoisotopic (exact) mass is 270 g/mol. The second kappa shape index (κ2) is 4.59. The lowest BCUT2D eigenvalue weighted by atomic mass is 9.92. The molecule has 0 radical (unpaired) electrons. The zero-order valence-electron chi connectivity index (χ0n) is 11.0. The molecule has 1 aliphatic rings. The van der Waals surface area contributed by atoms with Crippen LogP contribution in [-0.2, 0) is 9.59 Å². The van der Waals surface area contributed by atoms with Crippen LogP contribution in [0.4, 0.5) is 0 Å². The van der Waals surface area contributed by atoms with Crippen LogP contribution >= 0.6 is 0 Å². The molecule has 1 aromatic carbocycles. The first kappa shape index (κ1) is 12.6. The molecular weight excluding hydrogens is 256 g/mol. The molecule has 3 rings (SSSR count). The van der Waals surface area contributed by atoms with Gasteiger partial charge in [-0.05, 0) is 6.07 Å². The van der Waals surface area contributed by atoms with Crippen LogP contribution in [0.3, 0.4) is 0 Å². The molecule has 1 saturated heterocycles. The van der Waals surface area contributed by atoms with Gasteiger partial charge < -0.3 is 10.0 Å². The Labute approximate surface area is 115 Å². The molecule has 2 heterocycles. The summed E-state index contributed by atoms with van der Waals surface area (Å²) in [5, 5.41) is 10.3. The highest BCUT2D eigenvalue weighted by molar-refractivity contribution is 5.90. The Bertz CT molecular complexity index is 693.